The summed E-state index contributed by atoms with van der Waals surface area (Å²) < 4.78 is 0. The Morgan fingerprint density at radius 2 is 2.09 bits per heavy atom. The lowest BCUT2D eigenvalue weighted by Crippen LogP contribution is -2.23. The van der Waals surface area contributed by atoms with Crippen molar-refractivity contribution in [2.24, 2.45) is 0 Å². The van der Waals surface area contributed by atoms with Gasteiger partial charge in [-0.05, 0) is 36.6 Å². The number of phenolic OH excluding ortho intramolecular Hbond substituents is 2. The smallest absolute Gasteiger partial charge is 0.317 e. The lowest BCUT2D eigenvalue weighted by atomic mass is 10.1. The van der Waals surface area contributed by atoms with Gasteiger partial charge >= 0.3 is 6.41 Å². The number of nitriles is 1. The highest BCUT2D eigenvalue weighted by Crippen LogP contribution is 2.26. The predicted octanol–water partition coefficient (Wildman–Crippen LogP) is 0.858. The molecule has 1 rings (SSSR count). The lowest BCUT2D eigenvalue weighted by molar-refractivity contribution is -0.109. The van der Waals surface area contributed by atoms with Gasteiger partial charge in [0.05, 0.1) is 0 Å². The molecular formula is C15H16N3O4. The minimum atomic E-state index is -0.312. The molecule has 7 heteroatoms. The fourth-order valence-electron chi connectivity index (χ4n) is 1.73. The number of aromatic hydroxyl groups is 2. The van der Waals surface area contributed by atoms with Crippen molar-refractivity contribution in [3.63, 3.8) is 0 Å². The first-order valence-corrected chi connectivity index (χ1v) is 6.58. The van der Waals surface area contributed by atoms with Gasteiger partial charge in [-0.1, -0.05) is 6.07 Å². The van der Waals surface area contributed by atoms with Gasteiger partial charge < -0.3 is 15.5 Å². The summed E-state index contributed by atoms with van der Waals surface area (Å²) in [4.78, 5) is 22.2. The van der Waals surface area contributed by atoms with E-state index in [0.717, 1.165) is 4.90 Å². The Morgan fingerprint density at radius 3 is 2.68 bits per heavy atom. The molecule has 1 aromatic rings. The molecule has 2 amide bonds. The Balaban J connectivity index is 2.75. The molecule has 0 aromatic heterocycles. The van der Waals surface area contributed by atoms with Crippen molar-refractivity contribution in [2.75, 3.05) is 13.1 Å². The Hall–Kier alpha value is -3.01. The van der Waals surface area contributed by atoms with Crippen LogP contribution in [-0.2, 0) is 9.59 Å². The first-order valence-electron chi connectivity index (χ1n) is 6.58. The molecule has 0 heterocycles. The normalized spacial score (nSPS) is 10.6. The number of carbonyl (C=O) groups excluding carboxylic acids is 2. The molecule has 0 spiro atoms. The third kappa shape index (κ3) is 5.17. The fraction of sp³-hybridized carbons (Fsp3) is 0.267. The second kappa shape index (κ2) is 9.02. The van der Waals surface area contributed by atoms with Crippen molar-refractivity contribution in [1.82, 2.24) is 10.2 Å². The number of nitrogens with one attached hydrogen (secondary N) is 1. The van der Waals surface area contributed by atoms with Crippen molar-refractivity contribution >= 4 is 18.9 Å². The second-order valence-corrected chi connectivity index (χ2v) is 4.41. The molecule has 3 N–H and O–H groups in total. The van der Waals surface area contributed by atoms with Crippen LogP contribution in [0.2, 0.25) is 0 Å². The maximum absolute atomic E-state index is 11.0. The molecule has 0 unspecified atom stereocenters. The lowest BCUT2D eigenvalue weighted by Gasteiger charge is -2.14. The number of carbonyl (C=O) groups is 1. The van der Waals surface area contributed by atoms with Crippen LogP contribution in [0.5, 0.6) is 11.5 Å². The number of hydrogen-bond donors (Lipinski definition) is 3. The number of benzene rings is 1. The van der Waals surface area contributed by atoms with E-state index in [9.17, 15) is 19.8 Å². The number of rotatable bonds is 9. The molecule has 0 saturated heterocycles. The number of unbranched alkanes of at least 4 members (excludes halogenated alkanes) is 1. The molecule has 0 saturated carbocycles. The van der Waals surface area contributed by atoms with E-state index in [2.05, 4.69) is 5.32 Å². The van der Waals surface area contributed by atoms with Gasteiger partial charge in [0, 0.05) is 13.1 Å². The van der Waals surface area contributed by atoms with E-state index in [1.54, 1.807) is 6.41 Å². The van der Waals surface area contributed by atoms with Gasteiger partial charge in [-0.3, -0.25) is 14.5 Å². The average Bonchev–Trinajstić information content (AvgIpc) is 2.52. The molecule has 0 fully saturated rings. The quantitative estimate of drug-likeness (QED) is 0.206. The molecule has 0 atom stereocenters. The van der Waals surface area contributed by atoms with Gasteiger partial charge in [0.25, 0.3) is 0 Å². The molecule has 0 aliphatic carbocycles. The third-order valence-corrected chi connectivity index (χ3v) is 2.85. The molecule has 7 nitrogen and oxygen atoms in total. The summed E-state index contributed by atoms with van der Waals surface area (Å²) in [5, 5.41) is 30.3. The standard InChI is InChI=1S/C15H16N3O4/c16-9-13(7-12-3-4-14(21)15(22)8-12)18(11-20)6-2-1-5-17-10-19/h3-4,7-8,10,21-22H,1-2,5-6H2,(H,17,19). The monoisotopic (exact) mass is 302 g/mol. The molecule has 1 radical (unpaired) electrons. The van der Waals surface area contributed by atoms with E-state index in [1.165, 1.54) is 24.3 Å². The van der Waals surface area contributed by atoms with E-state index in [0.29, 0.717) is 31.4 Å². The van der Waals surface area contributed by atoms with Crippen LogP contribution in [0.3, 0.4) is 0 Å². The second-order valence-electron chi connectivity index (χ2n) is 4.41. The summed E-state index contributed by atoms with van der Waals surface area (Å²) in [5.74, 6) is -0.579. The number of phenols is 2. The molecule has 1 aromatic carbocycles. The highest BCUT2D eigenvalue weighted by Gasteiger charge is 2.10. The average molecular weight is 302 g/mol. The fourth-order valence-corrected chi connectivity index (χ4v) is 1.73. The van der Waals surface area contributed by atoms with E-state index in [4.69, 9.17) is 5.26 Å². The SMILES string of the molecule is N#CC(=Cc1ccc(O)c(O)c1)N([C]=O)CCCCNC=O. The van der Waals surface area contributed by atoms with Crippen molar-refractivity contribution in [3.05, 3.63) is 29.5 Å². The Morgan fingerprint density at radius 1 is 1.32 bits per heavy atom. The van der Waals surface area contributed by atoms with E-state index >= 15 is 0 Å². The summed E-state index contributed by atoms with van der Waals surface area (Å²) in [7, 11) is 0. The topological polar surface area (TPSA) is 114 Å². The largest absolute Gasteiger partial charge is 0.504 e. The van der Waals surface area contributed by atoms with Crippen molar-refractivity contribution in [1.29, 1.82) is 5.26 Å². The molecule has 22 heavy (non-hydrogen) atoms. The summed E-state index contributed by atoms with van der Waals surface area (Å²) >= 11 is 0. The maximum Gasteiger partial charge on any atom is 0.317 e. The van der Waals surface area contributed by atoms with Crippen LogP contribution in [0, 0.1) is 11.3 Å². The minimum Gasteiger partial charge on any atom is -0.504 e. The van der Waals surface area contributed by atoms with Gasteiger partial charge in [0.1, 0.15) is 11.8 Å². The van der Waals surface area contributed by atoms with Crippen molar-refractivity contribution in [3.8, 4) is 17.6 Å². The highest BCUT2D eigenvalue weighted by atomic mass is 16.3. The molecule has 115 valence electrons. The van der Waals surface area contributed by atoms with E-state index in [-0.39, 0.29) is 23.7 Å². The summed E-state index contributed by atoms with van der Waals surface area (Å²) in [6, 6.07) is 5.97. The van der Waals surface area contributed by atoms with Crippen LogP contribution in [0.25, 0.3) is 6.08 Å². The van der Waals surface area contributed by atoms with E-state index in [1.807, 2.05) is 6.07 Å². The number of amides is 2. The van der Waals surface area contributed by atoms with Crippen LogP contribution in [-0.4, -0.2) is 41.0 Å². The van der Waals surface area contributed by atoms with Gasteiger partial charge in [-0.2, -0.15) is 5.26 Å². The maximum atomic E-state index is 11.0. The van der Waals surface area contributed by atoms with Gasteiger partial charge in [-0.15, -0.1) is 0 Å². The number of hydrogen-bond acceptors (Lipinski definition) is 5. The van der Waals surface area contributed by atoms with Gasteiger partial charge in [0.2, 0.25) is 6.41 Å². The van der Waals surface area contributed by atoms with Crippen LogP contribution < -0.4 is 5.32 Å². The van der Waals surface area contributed by atoms with Crippen LogP contribution in [0.4, 0.5) is 0 Å². The first-order chi connectivity index (χ1) is 10.6. The summed E-state index contributed by atoms with van der Waals surface area (Å²) in [6.45, 7) is 0.779. The van der Waals surface area contributed by atoms with Gasteiger partial charge in [-0.25, -0.2) is 0 Å². The molecule has 0 aliphatic rings. The third-order valence-electron chi connectivity index (χ3n) is 2.85. The molecular weight excluding hydrogens is 286 g/mol. The zero-order valence-electron chi connectivity index (χ0n) is 11.8. The van der Waals surface area contributed by atoms with Crippen LogP contribution in [0.1, 0.15) is 18.4 Å². The van der Waals surface area contributed by atoms with Gasteiger partial charge in [0.15, 0.2) is 11.5 Å². The molecule has 0 aliphatic heterocycles. The minimum absolute atomic E-state index is 0.0726. The number of nitrogens with zero attached hydrogens (tertiary/aromatic N) is 2. The Kier molecular flexibility index (Phi) is 6.99. The highest BCUT2D eigenvalue weighted by molar-refractivity contribution is 5.65. The summed E-state index contributed by atoms with van der Waals surface area (Å²) in [6.07, 6.45) is 4.95. The van der Waals surface area contributed by atoms with Crippen LogP contribution in [0.15, 0.2) is 23.9 Å². The molecule has 0 bridgehead atoms. The zero-order valence-corrected chi connectivity index (χ0v) is 11.8. The van der Waals surface area contributed by atoms with Crippen molar-refractivity contribution in [2.45, 2.75) is 12.8 Å². The number of allylic oxidation sites excluding steroid dienone is 1. The Bertz CT molecular complexity index is 593. The van der Waals surface area contributed by atoms with Crippen molar-refractivity contribution < 1.29 is 19.8 Å². The zero-order chi connectivity index (χ0) is 16.4. The Labute approximate surface area is 128 Å². The first kappa shape index (κ1) is 17.0. The van der Waals surface area contributed by atoms with Crippen LogP contribution >= 0.6 is 0 Å². The van der Waals surface area contributed by atoms with E-state index < -0.39 is 0 Å². The summed E-state index contributed by atoms with van der Waals surface area (Å²) in [5.41, 5.74) is 0.540. The predicted molar refractivity (Wildman–Crippen MR) is 79.1 cm³/mol.